The Balaban J connectivity index is 2.42. The van der Waals surface area contributed by atoms with Crippen molar-refractivity contribution in [2.45, 2.75) is 38.8 Å². The zero-order chi connectivity index (χ0) is 14.4. The van der Waals surface area contributed by atoms with Crippen molar-refractivity contribution in [2.24, 2.45) is 5.73 Å². The van der Waals surface area contributed by atoms with E-state index in [1.165, 1.54) is 6.07 Å². The van der Waals surface area contributed by atoms with E-state index >= 15 is 0 Å². The van der Waals surface area contributed by atoms with Crippen LogP contribution >= 0.6 is 0 Å². The SMILES string of the molecule is Cc1ccc(C(N)CCN(C)CCC(C)O)cc1F. The molecule has 1 rings (SSSR count). The van der Waals surface area contributed by atoms with Crippen molar-refractivity contribution in [3.05, 3.63) is 35.1 Å². The molecule has 0 heterocycles. The molecule has 0 aliphatic heterocycles. The summed E-state index contributed by atoms with van der Waals surface area (Å²) in [7, 11) is 2.00. The molecule has 0 fully saturated rings. The maximum atomic E-state index is 13.5. The minimum atomic E-state index is -0.276. The van der Waals surface area contributed by atoms with Crippen molar-refractivity contribution in [2.75, 3.05) is 20.1 Å². The highest BCUT2D eigenvalue weighted by Gasteiger charge is 2.10. The molecule has 1 aromatic carbocycles. The summed E-state index contributed by atoms with van der Waals surface area (Å²) in [5, 5.41) is 9.22. The number of aliphatic hydroxyl groups is 1. The van der Waals surface area contributed by atoms with Gasteiger partial charge in [-0.15, -0.1) is 0 Å². The lowest BCUT2D eigenvalue weighted by atomic mass is 10.0. The van der Waals surface area contributed by atoms with Gasteiger partial charge in [0.2, 0.25) is 0 Å². The van der Waals surface area contributed by atoms with Crippen molar-refractivity contribution in [3.8, 4) is 0 Å². The van der Waals surface area contributed by atoms with Crippen LogP contribution in [0.4, 0.5) is 4.39 Å². The molecule has 0 saturated carbocycles. The van der Waals surface area contributed by atoms with Gasteiger partial charge in [0.1, 0.15) is 5.82 Å². The fourth-order valence-corrected chi connectivity index (χ4v) is 1.88. The Morgan fingerprint density at radius 1 is 1.32 bits per heavy atom. The summed E-state index contributed by atoms with van der Waals surface area (Å²) in [6.45, 7) is 5.21. The minimum Gasteiger partial charge on any atom is -0.393 e. The monoisotopic (exact) mass is 268 g/mol. The fourth-order valence-electron chi connectivity index (χ4n) is 1.88. The lowest BCUT2D eigenvalue weighted by Gasteiger charge is -2.20. The maximum Gasteiger partial charge on any atom is 0.126 e. The van der Waals surface area contributed by atoms with Crippen molar-refractivity contribution in [1.29, 1.82) is 0 Å². The number of aryl methyl sites for hydroxylation is 1. The first-order valence-electron chi connectivity index (χ1n) is 6.78. The van der Waals surface area contributed by atoms with Gasteiger partial charge in [0, 0.05) is 12.6 Å². The van der Waals surface area contributed by atoms with Crippen molar-refractivity contribution in [1.82, 2.24) is 4.90 Å². The number of nitrogens with zero attached hydrogens (tertiary/aromatic N) is 1. The van der Waals surface area contributed by atoms with Crippen molar-refractivity contribution >= 4 is 0 Å². The average molecular weight is 268 g/mol. The molecule has 1 aromatic rings. The minimum absolute atomic E-state index is 0.149. The normalized spacial score (nSPS) is 14.7. The lowest BCUT2D eigenvalue weighted by molar-refractivity contribution is 0.163. The van der Waals surface area contributed by atoms with Gasteiger partial charge < -0.3 is 15.7 Å². The highest BCUT2D eigenvalue weighted by Crippen LogP contribution is 2.17. The van der Waals surface area contributed by atoms with E-state index in [0.717, 1.165) is 31.5 Å². The molecule has 0 amide bonds. The Bertz CT molecular complexity index is 396. The Morgan fingerprint density at radius 3 is 2.53 bits per heavy atom. The van der Waals surface area contributed by atoms with Crippen molar-refractivity contribution in [3.63, 3.8) is 0 Å². The van der Waals surface area contributed by atoms with Crippen LogP contribution in [0.25, 0.3) is 0 Å². The predicted molar refractivity (Wildman–Crippen MR) is 76.5 cm³/mol. The van der Waals surface area contributed by atoms with Crippen LogP contribution in [0.5, 0.6) is 0 Å². The number of benzene rings is 1. The molecule has 0 spiro atoms. The van der Waals surface area contributed by atoms with Crippen LogP contribution in [0.1, 0.15) is 36.9 Å². The zero-order valence-electron chi connectivity index (χ0n) is 12.1. The second-order valence-corrected chi connectivity index (χ2v) is 5.34. The summed E-state index contributed by atoms with van der Waals surface area (Å²) in [4.78, 5) is 2.14. The number of hydrogen-bond donors (Lipinski definition) is 2. The van der Waals surface area contributed by atoms with E-state index in [0.29, 0.717) is 5.56 Å². The van der Waals surface area contributed by atoms with Crippen LogP contribution in [0.3, 0.4) is 0 Å². The first-order chi connectivity index (χ1) is 8.90. The molecule has 108 valence electrons. The largest absolute Gasteiger partial charge is 0.393 e. The molecule has 4 heteroatoms. The summed E-state index contributed by atoms with van der Waals surface area (Å²) in [6, 6.07) is 5.03. The summed E-state index contributed by atoms with van der Waals surface area (Å²) in [5.74, 6) is -0.199. The quantitative estimate of drug-likeness (QED) is 0.797. The van der Waals surface area contributed by atoms with Crippen molar-refractivity contribution < 1.29 is 9.50 Å². The molecular formula is C15H25FN2O. The number of hydrogen-bond acceptors (Lipinski definition) is 3. The topological polar surface area (TPSA) is 49.5 Å². The van der Waals surface area contributed by atoms with Gasteiger partial charge in [-0.2, -0.15) is 0 Å². The molecule has 2 unspecified atom stereocenters. The molecule has 0 radical (unpaired) electrons. The molecule has 3 nitrogen and oxygen atoms in total. The van der Waals surface area contributed by atoms with Gasteiger partial charge in [-0.3, -0.25) is 0 Å². The van der Waals surface area contributed by atoms with Crippen LogP contribution in [0.2, 0.25) is 0 Å². The van der Waals surface area contributed by atoms with Gasteiger partial charge in [-0.05, 0) is 57.5 Å². The third-order valence-corrected chi connectivity index (χ3v) is 3.37. The van der Waals surface area contributed by atoms with E-state index in [9.17, 15) is 9.50 Å². The van der Waals surface area contributed by atoms with E-state index in [1.807, 2.05) is 13.1 Å². The van der Waals surface area contributed by atoms with E-state index in [2.05, 4.69) is 4.90 Å². The smallest absolute Gasteiger partial charge is 0.126 e. The molecule has 0 aliphatic rings. The molecule has 2 atom stereocenters. The summed E-state index contributed by atoms with van der Waals surface area (Å²) >= 11 is 0. The third kappa shape index (κ3) is 5.68. The molecular weight excluding hydrogens is 243 g/mol. The molecule has 19 heavy (non-hydrogen) atoms. The number of halogens is 1. The van der Waals surface area contributed by atoms with Gasteiger partial charge >= 0.3 is 0 Å². The fraction of sp³-hybridized carbons (Fsp3) is 0.600. The van der Waals surface area contributed by atoms with Gasteiger partial charge in [-0.1, -0.05) is 12.1 Å². The predicted octanol–water partition coefficient (Wildman–Crippen LogP) is 2.23. The van der Waals surface area contributed by atoms with Crippen LogP contribution in [-0.4, -0.2) is 36.2 Å². The van der Waals surface area contributed by atoms with Crippen LogP contribution in [0, 0.1) is 12.7 Å². The van der Waals surface area contributed by atoms with E-state index in [1.54, 1.807) is 19.9 Å². The summed E-state index contributed by atoms with van der Waals surface area (Å²) in [6.07, 6.45) is 1.26. The van der Waals surface area contributed by atoms with Crippen LogP contribution in [-0.2, 0) is 0 Å². The second-order valence-electron chi connectivity index (χ2n) is 5.34. The van der Waals surface area contributed by atoms with E-state index < -0.39 is 0 Å². The Morgan fingerprint density at radius 2 is 1.95 bits per heavy atom. The number of rotatable bonds is 7. The highest BCUT2D eigenvalue weighted by atomic mass is 19.1. The standard InChI is InChI=1S/C15H25FN2O/c1-11-4-5-13(10-14(11)16)15(17)7-9-18(3)8-6-12(2)19/h4-5,10,12,15,19H,6-9,17H2,1-3H3. The average Bonchev–Trinajstić information content (AvgIpc) is 2.36. The molecule has 0 bridgehead atoms. The first kappa shape index (κ1) is 16.1. The molecule has 0 aliphatic carbocycles. The third-order valence-electron chi connectivity index (χ3n) is 3.37. The van der Waals surface area contributed by atoms with E-state index in [4.69, 9.17) is 5.73 Å². The van der Waals surface area contributed by atoms with Gasteiger partial charge in [0.25, 0.3) is 0 Å². The highest BCUT2D eigenvalue weighted by molar-refractivity contribution is 5.25. The van der Waals surface area contributed by atoms with E-state index in [-0.39, 0.29) is 18.0 Å². The Labute approximate surface area is 115 Å². The second kappa shape index (κ2) is 7.58. The molecule has 0 aromatic heterocycles. The zero-order valence-corrected chi connectivity index (χ0v) is 12.1. The number of nitrogens with two attached hydrogens (primary N) is 1. The maximum absolute atomic E-state index is 13.5. The summed E-state index contributed by atoms with van der Waals surface area (Å²) < 4.78 is 13.5. The first-order valence-corrected chi connectivity index (χ1v) is 6.78. The Kier molecular flexibility index (Phi) is 6.42. The molecule has 3 N–H and O–H groups in total. The Hall–Kier alpha value is -0.970. The van der Waals surface area contributed by atoms with Gasteiger partial charge in [-0.25, -0.2) is 4.39 Å². The van der Waals surface area contributed by atoms with Crippen LogP contribution < -0.4 is 5.73 Å². The van der Waals surface area contributed by atoms with Gasteiger partial charge in [0.05, 0.1) is 6.10 Å². The number of aliphatic hydroxyl groups excluding tert-OH is 1. The molecule has 0 saturated heterocycles. The van der Waals surface area contributed by atoms with Crippen LogP contribution in [0.15, 0.2) is 18.2 Å². The summed E-state index contributed by atoms with van der Waals surface area (Å²) in [5.41, 5.74) is 7.56. The van der Waals surface area contributed by atoms with Gasteiger partial charge in [0.15, 0.2) is 0 Å². The lowest BCUT2D eigenvalue weighted by Crippen LogP contribution is -2.26.